The fourth-order valence-electron chi connectivity index (χ4n) is 2.65. The second-order valence-corrected chi connectivity index (χ2v) is 7.37. The average Bonchev–Trinajstić information content (AvgIpc) is 2.99. The summed E-state index contributed by atoms with van der Waals surface area (Å²) >= 11 is 0. The van der Waals surface area contributed by atoms with E-state index in [1.54, 1.807) is 6.92 Å². The van der Waals surface area contributed by atoms with Crippen molar-refractivity contribution in [3.8, 4) is 5.75 Å². The van der Waals surface area contributed by atoms with Gasteiger partial charge in [-0.15, -0.1) is 0 Å². The van der Waals surface area contributed by atoms with E-state index >= 15 is 0 Å². The number of ether oxygens (including phenoxy) is 1. The van der Waals surface area contributed by atoms with Crippen LogP contribution >= 0.6 is 0 Å². The molecule has 1 saturated carbocycles. The van der Waals surface area contributed by atoms with Gasteiger partial charge in [-0.05, 0) is 38.0 Å². The number of hydrogen-bond donors (Lipinski definition) is 1. The van der Waals surface area contributed by atoms with Crippen molar-refractivity contribution in [2.45, 2.75) is 49.7 Å². The van der Waals surface area contributed by atoms with Crippen LogP contribution in [-0.4, -0.2) is 28.5 Å². The molecule has 1 aliphatic rings. The lowest BCUT2D eigenvalue weighted by Crippen LogP contribution is -2.40. The standard InChI is InChI=1S/C16H22FNO3S/c1-11(16(19)18-14-5-3-4-6-14)22(20)10-12-9-13(17)7-8-15(12)21-2/h7-9,11,14H,3-6,10H2,1-2H3,(H,18,19)/t11-,22+/m1/s1. The summed E-state index contributed by atoms with van der Waals surface area (Å²) in [7, 11) is 0.0573. The van der Waals surface area contributed by atoms with Gasteiger partial charge in [-0.3, -0.25) is 9.00 Å². The van der Waals surface area contributed by atoms with Gasteiger partial charge in [-0.25, -0.2) is 4.39 Å². The van der Waals surface area contributed by atoms with Crippen molar-refractivity contribution in [3.63, 3.8) is 0 Å². The first kappa shape index (κ1) is 16.9. The summed E-state index contributed by atoms with van der Waals surface area (Å²) in [5.74, 6) is -0.0187. The molecule has 1 aromatic carbocycles. The van der Waals surface area contributed by atoms with Crippen LogP contribution in [-0.2, 0) is 21.3 Å². The molecule has 0 unspecified atom stereocenters. The van der Waals surface area contributed by atoms with E-state index in [0.717, 1.165) is 25.7 Å². The Kier molecular flexibility index (Phi) is 5.94. The number of nitrogens with one attached hydrogen (secondary N) is 1. The van der Waals surface area contributed by atoms with Crippen molar-refractivity contribution in [3.05, 3.63) is 29.6 Å². The normalized spacial score (nSPS) is 18.0. The first-order valence-corrected chi connectivity index (χ1v) is 8.89. The van der Waals surface area contributed by atoms with Crippen molar-refractivity contribution >= 4 is 16.7 Å². The first-order chi connectivity index (χ1) is 10.5. The zero-order chi connectivity index (χ0) is 16.1. The van der Waals surface area contributed by atoms with Crippen molar-refractivity contribution in [1.29, 1.82) is 0 Å². The summed E-state index contributed by atoms with van der Waals surface area (Å²) in [4.78, 5) is 12.1. The smallest absolute Gasteiger partial charge is 0.235 e. The molecule has 122 valence electrons. The Morgan fingerprint density at radius 2 is 2.14 bits per heavy atom. The van der Waals surface area contributed by atoms with E-state index in [4.69, 9.17) is 4.74 Å². The van der Waals surface area contributed by atoms with E-state index in [1.807, 2.05) is 0 Å². The zero-order valence-electron chi connectivity index (χ0n) is 12.9. The van der Waals surface area contributed by atoms with Crippen LogP contribution in [0.15, 0.2) is 18.2 Å². The van der Waals surface area contributed by atoms with Crippen molar-refractivity contribution in [2.24, 2.45) is 0 Å². The number of carbonyl (C=O) groups excluding carboxylic acids is 1. The number of methoxy groups -OCH3 is 1. The third kappa shape index (κ3) is 4.29. The van der Waals surface area contributed by atoms with Crippen LogP contribution in [0.25, 0.3) is 0 Å². The minimum Gasteiger partial charge on any atom is -0.496 e. The molecule has 0 spiro atoms. The van der Waals surface area contributed by atoms with E-state index in [2.05, 4.69) is 5.32 Å². The second-order valence-electron chi connectivity index (χ2n) is 5.61. The summed E-state index contributed by atoms with van der Waals surface area (Å²) in [6.45, 7) is 1.65. The van der Waals surface area contributed by atoms with Gasteiger partial charge in [0.1, 0.15) is 16.8 Å². The molecule has 0 aromatic heterocycles. The van der Waals surface area contributed by atoms with E-state index in [1.165, 1.54) is 25.3 Å². The third-order valence-electron chi connectivity index (χ3n) is 4.01. The SMILES string of the molecule is COc1ccc(F)cc1C[S@](=O)[C@H](C)C(=O)NC1CCCC1. The Morgan fingerprint density at radius 1 is 1.45 bits per heavy atom. The van der Waals surface area contributed by atoms with Crippen LogP contribution in [0.2, 0.25) is 0 Å². The van der Waals surface area contributed by atoms with E-state index < -0.39 is 21.9 Å². The lowest BCUT2D eigenvalue weighted by Gasteiger charge is -2.17. The van der Waals surface area contributed by atoms with Gasteiger partial charge in [-0.2, -0.15) is 0 Å². The number of amides is 1. The van der Waals surface area contributed by atoms with Gasteiger partial charge in [0.05, 0.1) is 12.9 Å². The van der Waals surface area contributed by atoms with Crippen molar-refractivity contribution in [1.82, 2.24) is 5.32 Å². The quantitative estimate of drug-likeness (QED) is 0.873. The predicted octanol–water partition coefficient (Wildman–Crippen LogP) is 2.53. The number of rotatable bonds is 6. The van der Waals surface area contributed by atoms with Crippen LogP contribution in [0.1, 0.15) is 38.2 Å². The van der Waals surface area contributed by atoms with Gasteiger partial charge >= 0.3 is 0 Å². The maximum Gasteiger partial charge on any atom is 0.235 e. The molecule has 2 rings (SSSR count). The molecule has 4 nitrogen and oxygen atoms in total. The Morgan fingerprint density at radius 3 is 2.77 bits per heavy atom. The molecule has 0 saturated heterocycles. The van der Waals surface area contributed by atoms with Crippen LogP contribution in [0.5, 0.6) is 5.75 Å². The molecule has 1 fully saturated rings. The lowest BCUT2D eigenvalue weighted by molar-refractivity contribution is -0.121. The summed E-state index contributed by atoms with van der Waals surface area (Å²) in [5.41, 5.74) is 0.515. The highest BCUT2D eigenvalue weighted by molar-refractivity contribution is 7.85. The van der Waals surface area contributed by atoms with E-state index in [-0.39, 0.29) is 17.7 Å². The number of halogens is 1. The molecule has 1 aliphatic carbocycles. The molecule has 6 heteroatoms. The lowest BCUT2D eigenvalue weighted by atomic mass is 10.2. The molecule has 0 aliphatic heterocycles. The van der Waals surface area contributed by atoms with Crippen molar-refractivity contribution in [2.75, 3.05) is 7.11 Å². The molecular formula is C16H22FNO3S. The molecule has 2 atom stereocenters. The monoisotopic (exact) mass is 327 g/mol. The average molecular weight is 327 g/mol. The van der Waals surface area contributed by atoms with Gasteiger partial charge in [0.15, 0.2) is 0 Å². The fraction of sp³-hybridized carbons (Fsp3) is 0.562. The molecule has 1 amide bonds. The van der Waals surface area contributed by atoms with Gasteiger partial charge in [0, 0.05) is 22.4 Å². The summed E-state index contributed by atoms with van der Waals surface area (Å²) in [6, 6.07) is 4.31. The molecule has 22 heavy (non-hydrogen) atoms. The van der Waals surface area contributed by atoms with Gasteiger partial charge in [0.2, 0.25) is 5.91 Å². The van der Waals surface area contributed by atoms with Crippen LogP contribution in [0.3, 0.4) is 0 Å². The van der Waals surface area contributed by atoms with Crippen LogP contribution in [0, 0.1) is 5.82 Å². The molecule has 0 radical (unpaired) electrons. The number of hydrogen-bond acceptors (Lipinski definition) is 3. The molecule has 1 aromatic rings. The minimum absolute atomic E-state index is 0.0974. The molecule has 0 bridgehead atoms. The molecule has 0 heterocycles. The Balaban J connectivity index is 1.98. The predicted molar refractivity (Wildman–Crippen MR) is 84.7 cm³/mol. The molecular weight excluding hydrogens is 305 g/mol. The first-order valence-electron chi connectivity index (χ1n) is 7.51. The minimum atomic E-state index is -1.42. The van der Waals surface area contributed by atoms with Crippen molar-refractivity contribution < 1.29 is 18.1 Å². The molecule has 1 N–H and O–H groups in total. The highest BCUT2D eigenvalue weighted by atomic mass is 32.2. The van der Waals surface area contributed by atoms with Crippen LogP contribution < -0.4 is 10.1 Å². The third-order valence-corrected chi connectivity index (χ3v) is 5.60. The van der Waals surface area contributed by atoms with Gasteiger partial charge in [0.25, 0.3) is 0 Å². The summed E-state index contributed by atoms with van der Waals surface area (Å²) in [5, 5.41) is 2.32. The second kappa shape index (κ2) is 7.72. The maximum atomic E-state index is 13.3. The highest BCUT2D eigenvalue weighted by Gasteiger charge is 2.25. The fourth-order valence-corrected chi connectivity index (χ4v) is 3.74. The highest BCUT2D eigenvalue weighted by Crippen LogP contribution is 2.22. The number of carbonyl (C=O) groups is 1. The van der Waals surface area contributed by atoms with Gasteiger partial charge in [-0.1, -0.05) is 12.8 Å². The Hall–Kier alpha value is -1.43. The largest absolute Gasteiger partial charge is 0.496 e. The Labute approximate surface area is 132 Å². The number of benzene rings is 1. The van der Waals surface area contributed by atoms with E-state index in [0.29, 0.717) is 11.3 Å². The van der Waals surface area contributed by atoms with Crippen LogP contribution in [0.4, 0.5) is 4.39 Å². The summed E-state index contributed by atoms with van der Waals surface area (Å²) < 4.78 is 30.9. The van der Waals surface area contributed by atoms with E-state index in [9.17, 15) is 13.4 Å². The van der Waals surface area contributed by atoms with Gasteiger partial charge < -0.3 is 10.1 Å². The topological polar surface area (TPSA) is 55.4 Å². The zero-order valence-corrected chi connectivity index (χ0v) is 13.7. The summed E-state index contributed by atoms with van der Waals surface area (Å²) in [6.07, 6.45) is 4.23. The Bertz CT molecular complexity index is 558. The maximum absolute atomic E-state index is 13.3.